The lowest BCUT2D eigenvalue weighted by Gasteiger charge is -2.51. The standard InChI is InChI=1S/C34H39FN4O6/c1-37-33(44)26-30(42)28(38(2)3)22-14-19-13-21-25(29(41)24(19)32(43)34(22,45)31(26)36)23(40)15-20(27(21)35)16-39-11-9-18(10-12-39)17-7-5-4-6-8-17/h4-8,15,18-19,22,28,36,40,42-43,45H,9-14,16H2,1-3H3,(H,37,44)/t19-,22-,28-,34+/m0/s1. The molecule has 0 spiro atoms. The molecular weight excluding hydrogens is 579 g/mol. The highest BCUT2D eigenvalue weighted by atomic mass is 19.1. The van der Waals surface area contributed by atoms with E-state index in [0.717, 1.165) is 25.9 Å². The summed E-state index contributed by atoms with van der Waals surface area (Å²) in [5.41, 5.74) is -2.55. The van der Waals surface area contributed by atoms with Crippen LogP contribution in [-0.4, -0.2) is 93.5 Å². The number of aromatic hydroxyl groups is 1. The molecule has 1 saturated heterocycles. The van der Waals surface area contributed by atoms with Crippen molar-refractivity contribution < 1.29 is 34.4 Å². The molecule has 1 fully saturated rings. The van der Waals surface area contributed by atoms with Crippen LogP contribution < -0.4 is 5.32 Å². The first-order valence-corrected chi connectivity index (χ1v) is 15.3. The molecule has 0 aromatic heterocycles. The summed E-state index contributed by atoms with van der Waals surface area (Å²) < 4.78 is 16.2. The number of Topliss-reactive ketones (excluding diaryl/α,β-unsaturated/α-hetero) is 1. The smallest absolute Gasteiger partial charge is 0.256 e. The van der Waals surface area contributed by atoms with Crippen LogP contribution in [0.2, 0.25) is 0 Å². The van der Waals surface area contributed by atoms with E-state index in [2.05, 4.69) is 22.3 Å². The molecule has 1 aliphatic heterocycles. The van der Waals surface area contributed by atoms with E-state index in [9.17, 15) is 30.0 Å². The van der Waals surface area contributed by atoms with Gasteiger partial charge >= 0.3 is 0 Å². The Morgan fingerprint density at radius 2 is 1.80 bits per heavy atom. The van der Waals surface area contributed by atoms with E-state index in [1.807, 2.05) is 18.2 Å². The number of carbonyl (C=O) groups is 2. The number of carbonyl (C=O) groups excluding carboxylic acids is 2. The summed E-state index contributed by atoms with van der Waals surface area (Å²) in [6, 6.07) is 10.6. The number of amides is 1. The third kappa shape index (κ3) is 4.76. The Morgan fingerprint density at radius 1 is 1.13 bits per heavy atom. The number of phenolic OH excluding ortho intramolecular Hbond substituents is 1. The average Bonchev–Trinajstić information content (AvgIpc) is 3.01. The van der Waals surface area contributed by atoms with Crippen molar-refractivity contribution in [1.82, 2.24) is 15.1 Å². The van der Waals surface area contributed by atoms with Crippen LogP contribution in [-0.2, 0) is 17.8 Å². The highest BCUT2D eigenvalue weighted by Gasteiger charge is 2.61. The number of likely N-dealkylation sites (N-methyl/N-ethyl adjacent to an activating group) is 2. The van der Waals surface area contributed by atoms with Gasteiger partial charge in [0.15, 0.2) is 11.4 Å². The number of rotatable bonds is 5. The van der Waals surface area contributed by atoms with E-state index in [-0.39, 0.29) is 41.6 Å². The Labute approximate surface area is 261 Å². The molecule has 1 heterocycles. The van der Waals surface area contributed by atoms with Gasteiger partial charge in [0.25, 0.3) is 5.91 Å². The highest BCUT2D eigenvalue weighted by molar-refractivity contribution is 6.26. The minimum Gasteiger partial charge on any atom is -0.510 e. The number of halogens is 1. The summed E-state index contributed by atoms with van der Waals surface area (Å²) in [4.78, 5) is 30.3. The summed E-state index contributed by atoms with van der Waals surface area (Å²) in [7, 11) is 4.57. The summed E-state index contributed by atoms with van der Waals surface area (Å²) >= 11 is 0. The van der Waals surface area contributed by atoms with E-state index in [1.165, 1.54) is 18.7 Å². The number of aliphatic hydroxyl groups excluding tert-OH is 2. The van der Waals surface area contributed by atoms with Gasteiger partial charge in [-0.15, -0.1) is 0 Å². The molecule has 0 bridgehead atoms. The Balaban J connectivity index is 1.33. The number of allylic oxidation sites excluding steroid dienone is 1. The second-order valence-electron chi connectivity index (χ2n) is 12.9. The number of hydrogen-bond donors (Lipinski definition) is 6. The van der Waals surface area contributed by atoms with Gasteiger partial charge in [0.2, 0.25) is 0 Å². The maximum absolute atomic E-state index is 16.2. The van der Waals surface area contributed by atoms with E-state index in [1.54, 1.807) is 19.0 Å². The number of nitrogens with one attached hydrogen (secondary N) is 2. The number of ketones is 1. The minimum atomic E-state index is -2.47. The lowest BCUT2D eigenvalue weighted by molar-refractivity contribution is -0.117. The number of nitrogens with zero attached hydrogens (tertiary/aromatic N) is 2. The zero-order valence-electron chi connectivity index (χ0n) is 25.6. The molecule has 3 aliphatic carbocycles. The molecule has 4 atom stereocenters. The molecule has 238 valence electrons. The fourth-order valence-electron chi connectivity index (χ4n) is 8.02. The number of phenols is 1. The predicted molar refractivity (Wildman–Crippen MR) is 165 cm³/mol. The van der Waals surface area contributed by atoms with Crippen LogP contribution in [0.4, 0.5) is 4.39 Å². The highest BCUT2D eigenvalue weighted by Crippen LogP contribution is 2.52. The van der Waals surface area contributed by atoms with E-state index >= 15 is 4.39 Å². The quantitative estimate of drug-likeness (QED) is 0.298. The molecule has 0 radical (unpaired) electrons. The van der Waals surface area contributed by atoms with Crippen molar-refractivity contribution >= 4 is 17.4 Å². The zero-order valence-corrected chi connectivity index (χ0v) is 25.6. The second kappa shape index (κ2) is 11.4. The van der Waals surface area contributed by atoms with Gasteiger partial charge in [0, 0.05) is 36.2 Å². The topological polar surface area (TPSA) is 157 Å². The van der Waals surface area contributed by atoms with Gasteiger partial charge in [-0.3, -0.25) is 19.4 Å². The van der Waals surface area contributed by atoms with Crippen molar-refractivity contribution in [2.75, 3.05) is 34.2 Å². The lowest BCUT2D eigenvalue weighted by Crippen LogP contribution is -2.63. The van der Waals surface area contributed by atoms with Gasteiger partial charge in [-0.05, 0) is 76.3 Å². The second-order valence-corrected chi connectivity index (χ2v) is 12.9. The first kappa shape index (κ1) is 30.9. The Kier molecular flexibility index (Phi) is 7.83. The molecule has 1 amide bonds. The van der Waals surface area contributed by atoms with Gasteiger partial charge < -0.3 is 31.2 Å². The van der Waals surface area contributed by atoms with Crippen molar-refractivity contribution in [3.63, 3.8) is 0 Å². The predicted octanol–water partition coefficient (Wildman–Crippen LogP) is 3.35. The van der Waals surface area contributed by atoms with Crippen LogP contribution in [0.15, 0.2) is 59.1 Å². The Hall–Kier alpha value is -4.06. The molecule has 0 unspecified atom stereocenters. The Bertz CT molecular complexity index is 1650. The minimum absolute atomic E-state index is 0.00874. The van der Waals surface area contributed by atoms with E-state index in [0.29, 0.717) is 5.92 Å². The van der Waals surface area contributed by atoms with Crippen LogP contribution in [0, 0.1) is 23.1 Å². The van der Waals surface area contributed by atoms with E-state index in [4.69, 9.17) is 5.41 Å². The van der Waals surface area contributed by atoms with Gasteiger partial charge in [0.05, 0.1) is 17.3 Å². The van der Waals surface area contributed by atoms with Gasteiger partial charge in [-0.2, -0.15) is 0 Å². The molecule has 10 nitrogen and oxygen atoms in total. The molecule has 45 heavy (non-hydrogen) atoms. The molecule has 0 saturated carbocycles. The molecule has 6 N–H and O–H groups in total. The third-order valence-electron chi connectivity index (χ3n) is 10.2. The average molecular weight is 619 g/mol. The molecule has 11 heteroatoms. The first-order valence-electron chi connectivity index (χ1n) is 15.3. The van der Waals surface area contributed by atoms with Gasteiger partial charge in [0.1, 0.15) is 28.7 Å². The van der Waals surface area contributed by atoms with Crippen LogP contribution in [0.5, 0.6) is 5.75 Å². The normalized spacial score (nSPS) is 27.4. The van der Waals surface area contributed by atoms with Crippen LogP contribution >= 0.6 is 0 Å². The number of fused-ring (bicyclic) bond motifs is 3. The molecule has 2 aromatic rings. The number of benzene rings is 2. The van der Waals surface area contributed by atoms with Gasteiger partial charge in [-0.25, -0.2) is 4.39 Å². The fraction of sp³-hybridized carbons (Fsp3) is 0.441. The summed E-state index contributed by atoms with van der Waals surface area (Å²) in [6.45, 7) is 1.78. The van der Waals surface area contributed by atoms with E-state index < -0.39 is 69.5 Å². The molecule has 2 aromatic carbocycles. The van der Waals surface area contributed by atoms with Crippen LogP contribution in [0.25, 0.3) is 0 Å². The maximum Gasteiger partial charge on any atom is 0.256 e. The third-order valence-corrected chi connectivity index (χ3v) is 10.2. The Morgan fingerprint density at radius 3 is 2.42 bits per heavy atom. The lowest BCUT2D eigenvalue weighted by atomic mass is 9.58. The summed E-state index contributed by atoms with van der Waals surface area (Å²) in [6.07, 6.45) is 1.82. The van der Waals surface area contributed by atoms with Crippen molar-refractivity contribution in [2.24, 2.45) is 11.8 Å². The van der Waals surface area contributed by atoms with Crippen molar-refractivity contribution in [1.29, 1.82) is 5.41 Å². The number of hydrogen-bond acceptors (Lipinski definition) is 9. The number of likely N-dealkylation sites (tertiary alicyclic amines) is 1. The van der Waals surface area contributed by atoms with Crippen LogP contribution in [0.3, 0.4) is 0 Å². The van der Waals surface area contributed by atoms with Crippen molar-refractivity contribution in [2.45, 2.75) is 49.8 Å². The largest absolute Gasteiger partial charge is 0.510 e. The number of piperidine rings is 1. The summed E-state index contributed by atoms with van der Waals surface area (Å²) in [5.74, 6) is -5.24. The monoisotopic (exact) mass is 618 g/mol. The first-order chi connectivity index (χ1) is 21.4. The maximum atomic E-state index is 16.2. The van der Waals surface area contributed by atoms with Crippen LogP contribution in [0.1, 0.15) is 52.2 Å². The molecule has 4 aliphatic rings. The molecule has 6 rings (SSSR count). The number of aliphatic hydroxyl groups is 3. The zero-order chi connectivity index (χ0) is 32.4. The van der Waals surface area contributed by atoms with Crippen molar-refractivity contribution in [3.05, 3.63) is 87.1 Å². The summed E-state index contributed by atoms with van der Waals surface area (Å²) in [5, 5.41) is 56.8. The van der Waals surface area contributed by atoms with Crippen molar-refractivity contribution in [3.8, 4) is 5.75 Å². The fourth-order valence-corrected chi connectivity index (χ4v) is 8.02. The van der Waals surface area contributed by atoms with Gasteiger partial charge in [-0.1, -0.05) is 30.3 Å². The molecular formula is C34H39FN4O6. The SMILES string of the molecule is CNC(=O)C1=C(O)[C@@H](N(C)C)[C@@H]2C[C@@H]3Cc4c(F)c(CN5CCC(c6ccccc6)CC5)cc(O)c4C(=O)C3=C(O)[C@]2(O)C1=N.